The predicted octanol–water partition coefficient (Wildman–Crippen LogP) is 5.64. The van der Waals surface area contributed by atoms with Crippen molar-refractivity contribution in [1.29, 1.82) is 0 Å². The molecule has 3 aromatic rings. The Morgan fingerprint density at radius 3 is 2.19 bits per heavy atom. The van der Waals surface area contributed by atoms with Crippen molar-refractivity contribution in [1.82, 2.24) is 9.21 Å². The van der Waals surface area contributed by atoms with Crippen LogP contribution < -0.4 is 0 Å². The molecule has 5 rings (SSSR count). The number of nitrogens with zero attached hydrogens (tertiary/aromatic N) is 2. The fraction of sp³-hybridized carbons (Fsp3) is 0.333. The van der Waals surface area contributed by atoms with Crippen molar-refractivity contribution < 1.29 is 4.74 Å². The summed E-state index contributed by atoms with van der Waals surface area (Å²) in [4.78, 5) is 3.89. The first-order valence-electron chi connectivity index (χ1n) is 11.3. The van der Waals surface area contributed by atoms with E-state index in [9.17, 15) is 0 Å². The SMILES string of the molecule is CC1Cc2ccccc2CN1Cc1ccc(-c2ccc(SN3CCOCC3)cc2)cc1. The summed E-state index contributed by atoms with van der Waals surface area (Å²) in [5.41, 5.74) is 6.93. The lowest BCUT2D eigenvalue weighted by Crippen LogP contribution is -2.37. The van der Waals surface area contributed by atoms with E-state index in [2.05, 4.69) is 88.9 Å². The van der Waals surface area contributed by atoms with Crippen molar-refractivity contribution in [3.8, 4) is 11.1 Å². The van der Waals surface area contributed by atoms with Crippen molar-refractivity contribution in [3.05, 3.63) is 89.5 Å². The van der Waals surface area contributed by atoms with Crippen LogP contribution >= 0.6 is 11.9 Å². The van der Waals surface area contributed by atoms with E-state index in [0.717, 1.165) is 45.8 Å². The third-order valence-electron chi connectivity index (χ3n) is 6.36. The predicted molar refractivity (Wildman–Crippen MR) is 129 cm³/mol. The van der Waals surface area contributed by atoms with Crippen LogP contribution in [0.1, 0.15) is 23.6 Å². The highest BCUT2D eigenvalue weighted by molar-refractivity contribution is 7.97. The molecule has 2 aliphatic rings. The maximum Gasteiger partial charge on any atom is 0.0603 e. The Morgan fingerprint density at radius 1 is 0.839 bits per heavy atom. The maximum absolute atomic E-state index is 5.44. The molecule has 0 aromatic heterocycles. The number of ether oxygens (including phenoxy) is 1. The van der Waals surface area contributed by atoms with Gasteiger partial charge in [0.25, 0.3) is 0 Å². The lowest BCUT2D eigenvalue weighted by atomic mass is 9.94. The van der Waals surface area contributed by atoms with E-state index in [1.54, 1.807) is 0 Å². The van der Waals surface area contributed by atoms with Crippen molar-refractivity contribution in [3.63, 3.8) is 0 Å². The zero-order valence-corrected chi connectivity index (χ0v) is 19.0. The molecule has 0 amide bonds. The summed E-state index contributed by atoms with van der Waals surface area (Å²) in [5, 5.41) is 0. The van der Waals surface area contributed by atoms with Gasteiger partial charge in [-0.2, -0.15) is 0 Å². The molecule has 0 N–H and O–H groups in total. The molecular weight excluding hydrogens is 400 g/mol. The molecule has 1 saturated heterocycles. The van der Waals surface area contributed by atoms with Crippen LogP contribution in [-0.4, -0.2) is 41.6 Å². The number of rotatable bonds is 5. The standard InChI is InChI=1S/C27H30N2OS/c1-21-18-25-4-2-3-5-26(25)20-28(21)19-22-6-8-23(9-7-22)24-10-12-27(13-11-24)31-29-14-16-30-17-15-29/h2-13,21H,14-20H2,1H3. The minimum atomic E-state index is 0.575. The van der Waals surface area contributed by atoms with Crippen molar-refractivity contribution in [2.75, 3.05) is 26.3 Å². The quantitative estimate of drug-likeness (QED) is 0.487. The van der Waals surface area contributed by atoms with Crippen LogP contribution in [0.5, 0.6) is 0 Å². The highest BCUT2D eigenvalue weighted by Gasteiger charge is 2.22. The third kappa shape index (κ3) is 5.04. The molecule has 0 saturated carbocycles. The summed E-state index contributed by atoms with van der Waals surface area (Å²) in [6.07, 6.45) is 1.14. The zero-order chi connectivity index (χ0) is 21.0. The smallest absolute Gasteiger partial charge is 0.0603 e. The summed E-state index contributed by atoms with van der Waals surface area (Å²) < 4.78 is 7.82. The van der Waals surface area contributed by atoms with Gasteiger partial charge < -0.3 is 4.74 Å². The van der Waals surface area contributed by atoms with Crippen LogP contribution in [-0.2, 0) is 24.2 Å². The largest absolute Gasteiger partial charge is 0.379 e. The first-order chi connectivity index (χ1) is 15.2. The topological polar surface area (TPSA) is 15.7 Å². The Hall–Kier alpha value is -2.11. The van der Waals surface area contributed by atoms with Gasteiger partial charge in [-0.05, 0) is 65.2 Å². The molecule has 3 aromatic carbocycles. The van der Waals surface area contributed by atoms with Gasteiger partial charge in [-0.1, -0.05) is 60.7 Å². The second kappa shape index (κ2) is 9.58. The minimum absolute atomic E-state index is 0.575. The van der Waals surface area contributed by atoms with Crippen molar-refractivity contribution in [2.45, 2.75) is 37.4 Å². The number of fused-ring (bicyclic) bond motifs is 1. The van der Waals surface area contributed by atoms with E-state index in [4.69, 9.17) is 4.74 Å². The van der Waals surface area contributed by atoms with Gasteiger partial charge in [-0.25, -0.2) is 4.31 Å². The molecule has 160 valence electrons. The van der Waals surface area contributed by atoms with Gasteiger partial charge in [-0.3, -0.25) is 4.90 Å². The molecule has 31 heavy (non-hydrogen) atoms. The first-order valence-corrected chi connectivity index (χ1v) is 12.0. The molecule has 0 bridgehead atoms. The van der Waals surface area contributed by atoms with E-state index in [0.29, 0.717) is 6.04 Å². The molecule has 1 atom stereocenters. The highest BCUT2D eigenvalue weighted by atomic mass is 32.2. The average Bonchev–Trinajstić information content (AvgIpc) is 2.81. The Labute approximate surface area is 190 Å². The van der Waals surface area contributed by atoms with Gasteiger partial charge in [0.1, 0.15) is 0 Å². The van der Waals surface area contributed by atoms with Gasteiger partial charge in [-0.15, -0.1) is 0 Å². The fourth-order valence-electron chi connectivity index (χ4n) is 4.48. The lowest BCUT2D eigenvalue weighted by molar-refractivity contribution is 0.0773. The molecule has 0 aliphatic carbocycles. The number of benzene rings is 3. The normalized spacial score (nSPS) is 19.8. The molecule has 1 fully saturated rings. The average molecular weight is 431 g/mol. The highest BCUT2D eigenvalue weighted by Crippen LogP contribution is 2.28. The Bertz CT molecular complexity index is 997. The van der Waals surface area contributed by atoms with Gasteiger partial charge in [0.15, 0.2) is 0 Å². The van der Waals surface area contributed by atoms with Crippen molar-refractivity contribution in [2.24, 2.45) is 0 Å². The van der Waals surface area contributed by atoms with Crippen molar-refractivity contribution >= 4 is 11.9 Å². The molecule has 3 nitrogen and oxygen atoms in total. The molecular formula is C27H30N2OS. The van der Waals surface area contributed by atoms with Gasteiger partial charge in [0.2, 0.25) is 0 Å². The lowest BCUT2D eigenvalue weighted by Gasteiger charge is -2.35. The number of morpholine rings is 1. The number of hydrogen-bond donors (Lipinski definition) is 0. The molecule has 2 heterocycles. The van der Waals surface area contributed by atoms with Crippen LogP contribution in [0, 0.1) is 0 Å². The van der Waals surface area contributed by atoms with E-state index >= 15 is 0 Å². The summed E-state index contributed by atoms with van der Waals surface area (Å²) >= 11 is 1.83. The molecule has 2 aliphatic heterocycles. The van der Waals surface area contributed by atoms with E-state index in [1.807, 2.05) is 11.9 Å². The Balaban J connectivity index is 1.22. The number of hydrogen-bond acceptors (Lipinski definition) is 4. The van der Waals surface area contributed by atoms with Crippen LogP contribution in [0.4, 0.5) is 0 Å². The Kier molecular flexibility index (Phi) is 6.42. The summed E-state index contributed by atoms with van der Waals surface area (Å²) in [6, 6.07) is 27.5. The summed E-state index contributed by atoms with van der Waals surface area (Å²) in [6.45, 7) is 8.05. The van der Waals surface area contributed by atoms with E-state index in [1.165, 1.54) is 32.7 Å². The van der Waals surface area contributed by atoms with Crippen LogP contribution in [0.25, 0.3) is 11.1 Å². The van der Waals surface area contributed by atoms with Gasteiger partial charge >= 0.3 is 0 Å². The maximum atomic E-state index is 5.44. The summed E-state index contributed by atoms with van der Waals surface area (Å²) in [5.74, 6) is 0. The van der Waals surface area contributed by atoms with Crippen LogP contribution in [0.15, 0.2) is 77.7 Å². The van der Waals surface area contributed by atoms with E-state index in [-0.39, 0.29) is 0 Å². The molecule has 4 heteroatoms. The van der Waals surface area contributed by atoms with Crippen LogP contribution in [0.2, 0.25) is 0 Å². The first kappa shape index (κ1) is 20.8. The Morgan fingerprint density at radius 2 is 1.48 bits per heavy atom. The third-order valence-corrected chi connectivity index (χ3v) is 7.47. The van der Waals surface area contributed by atoms with E-state index < -0.39 is 0 Å². The minimum Gasteiger partial charge on any atom is -0.379 e. The fourth-order valence-corrected chi connectivity index (χ4v) is 5.36. The second-order valence-corrected chi connectivity index (χ2v) is 9.75. The zero-order valence-electron chi connectivity index (χ0n) is 18.2. The van der Waals surface area contributed by atoms with Gasteiger partial charge in [0, 0.05) is 37.1 Å². The second-order valence-electron chi connectivity index (χ2n) is 8.58. The molecule has 0 spiro atoms. The molecule has 0 radical (unpaired) electrons. The van der Waals surface area contributed by atoms with Crippen LogP contribution in [0.3, 0.4) is 0 Å². The van der Waals surface area contributed by atoms with Gasteiger partial charge in [0.05, 0.1) is 13.2 Å². The monoisotopic (exact) mass is 430 g/mol. The summed E-state index contributed by atoms with van der Waals surface area (Å²) in [7, 11) is 0. The molecule has 1 unspecified atom stereocenters.